The molecule has 21 heavy (non-hydrogen) atoms. The lowest BCUT2D eigenvalue weighted by Crippen LogP contribution is -1.87. The fourth-order valence-electron chi connectivity index (χ4n) is 1.83. The molecule has 0 N–H and O–H groups in total. The fraction of sp³-hybridized carbons (Fsp3) is 0.105. The molecule has 0 unspecified atom stereocenters. The van der Waals surface area contributed by atoms with Crippen LogP contribution in [0.3, 0.4) is 0 Å². The molecule has 0 saturated heterocycles. The molecule has 0 spiro atoms. The summed E-state index contributed by atoms with van der Waals surface area (Å²) in [5.41, 5.74) is 4.10. The number of aromatic nitrogens is 1. The van der Waals surface area contributed by atoms with Crippen molar-refractivity contribution in [3.8, 4) is 58.3 Å². The van der Waals surface area contributed by atoms with Crippen LogP contribution < -0.4 is 0 Å². The Morgan fingerprint density at radius 1 is 1.05 bits per heavy atom. The van der Waals surface area contributed by atoms with E-state index >= 15 is 0 Å². The molecule has 0 aromatic carbocycles. The molecule has 2 aromatic heterocycles. The van der Waals surface area contributed by atoms with E-state index < -0.39 is 0 Å². The van der Waals surface area contributed by atoms with Crippen molar-refractivity contribution in [1.82, 2.24) is 4.98 Å². The van der Waals surface area contributed by atoms with Gasteiger partial charge in [0.05, 0.1) is 4.88 Å². The fourth-order valence-corrected chi connectivity index (χ4v) is 2.67. The van der Waals surface area contributed by atoms with Crippen molar-refractivity contribution in [3.63, 3.8) is 0 Å². The molecule has 0 aliphatic heterocycles. The third-order valence-electron chi connectivity index (χ3n) is 2.53. The van der Waals surface area contributed by atoms with Crippen LogP contribution in [0.2, 0.25) is 0 Å². The summed E-state index contributed by atoms with van der Waals surface area (Å²) in [7, 11) is 0. The first-order valence-electron chi connectivity index (χ1n) is 6.20. The minimum atomic E-state index is 0. The van der Waals surface area contributed by atoms with Gasteiger partial charge in [-0.2, -0.15) is 0 Å². The second-order valence-corrected chi connectivity index (χ2v) is 5.11. The summed E-state index contributed by atoms with van der Waals surface area (Å²) in [5, 5.41) is 2.02. The standard InChI is InChI=1S/C19H11NS.6H2/c1-4-5-6-7-8-9-10-17-11-12-21-19(17)18-13-15(2)20-16(3)14-18;;;;;;/h1,11-14H,2-3H3;6*1H. The van der Waals surface area contributed by atoms with Gasteiger partial charge in [-0.25, -0.2) is 0 Å². The normalized spacial score (nSPS) is 8.24. The van der Waals surface area contributed by atoms with Gasteiger partial charge >= 0.3 is 0 Å². The van der Waals surface area contributed by atoms with Crippen molar-refractivity contribution < 1.29 is 8.56 Å². The van der Waals surface area contributed by atoms with Gasteiger partial charge in [-0.15, -0.1) is 17.8 Å². The predicted molar refractivity (Wildman–Crippen MR) is 101 cm³/mol. The third-order valence-corrected chi connectivity index (χ3v) is 3.49. The maximum absolute atomic E-state index is 5.00. The number of terminal acetylenes is 1. The highest BCUT2D eigenvalue weighted by Gasteiger charge is 2.06. The molecule has 0 saturated carbocycles. The molecule has 1 nitrogen and oxygen atoms in total. The van der Waals surface area contributed by atoms with E-state index in [2.05, 4.69) is 58.6 Å². The number of aryl methyl sites for hydroxylation is 2. The van der Waals surface area contributed by atoms with E-state index in [1.165, 1.54) is 0 Å². The minimum Gasteiger partial charge on any atom is -0.258 e. The molecular formula is C19H23NS. The maximum Gasteiger partial charge on any atom is 0.0500 e. The molecule has 2 rings (SSSR count). The van der Waals surface area contributed by atoms with Gasteiger partial charge in [0.2, 0.25) is 0 Å². The number of pyridine rings is 1. The van der Waals surface area contributed by atoms with Gasteiger partial charge in [-0.05, 0) is 78.5 Å². The van der Waals surface area contributed by atoms with E-state index in [9.17, 15) is 0 Å². The summed E-state index contributed by atoms with van der Waals surface area (Å²) >= 11 is 1.66. The highest BCUT2D eigenvalue weighted by atomic mass is 32.1. The highest BCUT2D eigenvalue weighted by Crippen LogP contribution is 2.29. The lowest BCUT2D eigenvalue weighted by molar-refractivity contribution is 1.13. The molecule has 0 aliphatic carbocycles. The van der Waals surface area contributed by atoms with E-state index in [1.807, 2.05) is 25.3 Å². The minimum absolute atomic E-state index is 0. The predicted octanol–water partition coefficient (Wildman–Crippen LogP) is 4.89. The van der Waals surface area contributed by atoms with Crippen LogP contribution in [0.4, 0.5) is 0 Å². The van der Waals surface area contributed by atoms with Gasteiger partial charge in [0, 0.05) is 25.5 Å². The number of hydrogen-bond donors (Lipinski definition) is 0. The first-order chi connectivity index (χ1) is 10.2. The Kier molecular flexibility index (Phi) is 4.85. The first kappa shape index (κ1) is 14.5. The van der Waals surface area contributed by atoms with Gasteiger partial charge in [0.15, 0.2) is 0 Å². The number of thiophene rings is 1. The van der Waals surface area contributed by atoms with Crippen LogP contribution in [0.1, 0.15) is 25.5 Å². The maximum atomic E-state index is 5.00. The molecule has 0 bridgehead atoms. The molecular weight excluding hydrogens is 274 g/mol. The van der Waals surface area contributed by atoms with E-state index in [0.717, 1.165) is 27.4 Å². The smallest absolute Gasteiger partial charge is 0.0500 e. The van der Waals surface area contributed by atoms with Crippen LogP contribution in [-0.2, 0) is 0 Å². The zero-order chi connectivity index (χ0) is 15.1. The Balaban J connectivity index is -0.000000269. The second kappa shape index (κ2) is 7.03. The summed E-state index contributed by atoms with van der Waals surface area (Å²) in [4.78, 5) is 5.52. The summed E-state index contributed by atoms with van der Waals surface area (Å²) in [6.07, 6.45) is 5.00. The molecule has 2 heteroatoms. The molecule has 0 aliphatic rings. The average Bonchev–Trinajstić information content (AvgIpc) is 2.90. The van der Waals surface area contributed by atoms with Crippen molar-refractivity contribution in [2.45, 2.75) is 13.8 Å². The van der Waals surface area contributed by atoms with E-state index in [-0.39, 0.29) is 8.56 Å². The van der Waals surface area contributed by atoms with E-state index in [0.29, 0.717) is 0 Å². The van der Waals surface area contributed by atoms with Gasteiger partial charge < -0.3 is 0 Å². The molecule has 110 valence electrons. The quantitative estimate of drug-likeness (QED) is 0.683. The van der Waals surface area contributed by atoms with Crippen LogP contribution in [0, 0.1) is 61.7 Å². The van der Waals surface area contributed by atoms with Crippen LogP contribution >= 0.6 is 11.3 Å². The Bertz CT molecular complexity index is 891. The first-order valence-corrected chi connectivity index (χ1v) is 7.08. The summed E-state index contributed by atoms with van der Waals surface area (Å²) in [6.45, 7) is 3.98. The average molecular weight is 297 g/mol. The number of nitrogens with zero attached hydrogens (tertiary/aromatic N) is 1. The topological polar surface area (TPSA) is 12.9 Å². The summed E-state index contributed by atoms with van der Waals surface area (Å²) in [6, 6.07) is 6.12. The highest BCUT2D eigenvalue weighted by molar-refractivity contribution is 7.13. The van der Waals surface area contributed by atoms with Gasteiger partial charge in [-0.3, -0.25) is 4.98 Å². The van der Waals surface area contributed by atoms with Crippen LogP contribution in [-0.4, -0.2) is 4.98 Å². The van der Waals surface area contributed by atoms with Gasteiger partial charge in [0.1, 0.15) is 0 Å². The Labute approximate surface area is 138 Å². The zero-order valence-corrected chi connectivity index (χ0v) is 12.6. The third kappa shape index (κ3) is 4.03. The SMILES string of the molecule is C#CC#CC#CC#Cc1ccsc1-c1cc(C)nc(C)c1.[HH].[HH].[HH].[HH].[HH].[HH]. The van der Waals surface area contributed by atoms with Crippen molar-refractivity contribution >= 4 is 11.3 Å². The molecule has 2 heterocycles. The number of hydrogen-bond acceptors (Lipinski definition) is 2. The van der Waals surface area contributed by atoms with Crippen LogP contribution in [0.25, 0.3) is 10.4 Å². The molecule has 0 radical (unpaired) electrons. The lowest BCUT2D eigenvalue weighted by atomic mass is 10.1. The molecule has 0 fully saturated rings. The monoisotopic (exact) mass is 297 g/mol. The Hall–Kier alpha value is -2.91. The van der Waals surface area contributed by atoms with Crippen LogP contribution in [0.15, 0.2) is 23.6 Å². The van der Waals surface area contributed by atoms with Crippen molar-refractivity contribution in [3.05, 3.63) is 40.5 Å². The molecule has 0 amide bonds. The number of rotatable bonds is 1. The van der Waals surface area contributed by atoms with Crippen LogP contribution in [0.5, 0.6) is 0 Å². The van der Waals surface area contributed by atoms with Crippen molar-refractivity contribution in [2.75, 3.05) is 0 Å². The zero-order valence-electron chi connectivity index (χ0n) is 11.7. The Morgan fingerprint density at radius 3 is 2.43 bits per heavy atom. The lowest BCUT2D eigenvalue weighted by Gasteiger charge is -2.02. The molecule has 2 aromatic rings. The van der Waals surface area contributed by atoms with Gasteiger partial charge in [-0.1, -0.05) is 5.92 Å². The van der Waals surface area contributed by atoms with Crippen molar-refractivity contribution in [1.29, 1.82) is 0 Å². The molecule has 0 atom stereocenters. The largest absolute Gasteiger partial charge is 0.258 e. The Morgan fingerprint density at radius 2 is 1.71 bits per heavy atom. The van der Waals surface area contributed by atoms with Crippen molar-refractivity contribution in [2.24, 2.45) is 0 Å². The van der Waals surface area contributed by atoms with E-state index in [4.69, 9.17) is 6.42 Å². The second-order valence-electron chi connectivity index (χ2n) is 4.20. The summed E-state index contributed by atoms with van der Waals surface area (Å²) < 4.78 is 0. The summed E-state index contributed by atoms with van der Waals surface area (Å²) in [5.74, 6) is 18.3. The van der Waals surface area contributed by atoms with E-state index in [1.54, 1.807) is 11.3 Å². The van der Waals surface area contributed by atoms with Gasteiger partial charge in [0.25, 0.3) is 0 Å².